The first-order chi connectivity index (χ1) is 8.69. The standard InChI is InChI=1S/C13H19NO4/c1-11(12-5-3-2-4-6-12)18-13(17)14(7-9-15)8-10-16/h2-6,11,15-16H,7-10H2,1H3. The zero-order valence-corrected chi connectivity index (χ0v) is 10.5. The average molecular weight is 253 g/mol. The minimum atomic E-state index is -0.533. The van der Waals surface area contributed by atoms with Crippen LogP contribution in [-0.4, -0.2) is 47.5 Å². The molecule has 0 aliphatic carbocycles. The number of carbonyl (C=O) groups excluding carboxylic acids is 1. The fourth-order valence-corrected chi connectivity index (χ4v) is 1.55. The molecule has 0 bridgehead atoms. The number of hydrogen-bond acceptors (Lipinski definition) is 4. The molecule has 0 heterocycles. The number of carbonyl (C=O) groups is 1. The highest BCUT2D eigenvalue weighted by molar-refractivity contribution is 5.68. The van der Waals surface area contributed by atoms with Crippen LogP contribution < -0.4 is 0 Å². The summed E-state index contributed by atoms with van der Waals surface area (Å²) in [6, 6.07) is 9.39. The van der Waals surface area contributed by atoms with Crippen LogP contribution in [0.1, 0.15) is 18.6 Å². The minimum absolute atomic E-state index is 0.154. The highest BCUT2D eigenvalue weighted by atomic mass is 16.6. The Morgan fingerprint density at radius 3 is 2.28 bits per heavy atom. The van der Waals surface area contributed by atoms with Gasteiger partial charge in [-0.1, -0.05) is 30.3 Å². The molecule has 1 aromatic rings. The molecule has 0 radical (unpaired) electrons. The maximum atomic E-state index is 11.8. The average Bonchev–Trinajstić information content (AvgIpc) is 2.39. The monoisotopic (exact) mass is 253 g/mol. The predicted octanol–water partition coefficient (Wildman–Crippen LogP) is 1.17. The third kappa shape index (κ3) is 4.35. The second kappa shape index (κ2) is 7.68. The van der Waals surface area contributed by atoms with Crippen molar-refractivity contribution in [2.24, 2.45) is 0 Å². The molecule has 0 aromatic heterocycles. The van der Waals surface area contributed by atoms with Crippen LogP contribution in [0.15, 0.2) is 30.3 Å². The van der Waals surface area contributed by atoms with E-state index < -0.39 is 6.09 Å². The van der Waals surface area contributed by atoms with Crippen LogP contribution in [0.4, 0.5) is 4.79 Å². The SMILES string of the molecule is CC(OC(=O)N(CCO)CCO)c1ccccc1. The number of aliphatic hydroxyl groups is 2. The quantitative estimate of drug-likeness (QED) is 0.798. The van der Waals surface area contributed by atoms with Crippen molar-refractivity contribution in [2.45, 2.75) is 13.0 Å². The molecule has 2 N–H and O–H groups in total. The van der Waals surface area contributed by atoms with Crippen molar-refractivity contribution in [3.8, 4) is 0 Å². The first kappa shape index (κ1) is 14.5. The highest BCUT2D eigenvalue weighted by Crippen LogP contribution is 2.17. The molecule has 0 aliphatic heterocycles. The molecule has 1 aromatic carbocycles. The number of amides is 1. The van der Waals surface area contributed by atoms with Gasteiger partial charge in [0.15, 0.2) is 0 Å². The van der Waals surface area contributed by atoms with Gasteiger partial charge in [0.05, 0.1) is 13.2 Å². The fourth-order valence-electron chi connectivity index (χ4n) is 1.55. The van der Waals surface area contributed by atoms with Crippen molar-refractivity contribution in [1.29, 1.82) is 0 Å². The second-order valence-electron chi connectivity index (χ2n) is 3.87. The van der Waals surface area contributed by atoms with E-state index in [0.717, 1.165) is 5.56 Å². The van der Waals surface area contributed by atoms with Gasteiger partial charge < -0.3 is 19.8 Å². The zero-order chi connectivity index (χ0) is 13.4. The van der Waals surface area contributed by atoms with E-state index >= 15 is 0 Å². The van der Waals surface area contributed by atoms with Crippen molar-refractivity contribution in [2.75, 3.05) is 26.3 Å². The number of aliphatic hydroxyl groups excluding tert-OH is 2. The van der Waals surface area contributed by atoms with Gasteiger partial charge in [0.2, 0.25) is 0 Å². The largest absolute Gasteiger partial charge is 0.442 e. The Balaban J connectivity index is 2.57. The molecule has 1 unspecified atom stereocenters. The number of rotatable bonds is 6. The van der Waals surface area contributed by atoms with E-state index in [1.807, 2.05) is 30.3 Å². The van der Waals surface area contributed by atoms with Crippen LogP contribution in [0.3, 0.4) is 0 Å². The summed E-state index contributed by atoms with van der Waals surface area (Å²) in [5.41, 5.74) is 0.902. The Kier molecular flexibility index (Phi) is 6.18. The van der Waals surface area contributed by atoms with Crippen molar-refractivity contribution in [3.05, 3.63) is 35.9 Å². The van der Waals surface area contributed by atoms with Gasteiger partial charge in [-0.2, -0.15) is 0 Å². The highest BCUT2D eigenvalue weighted by Gasteiger charge is 2.17. The van der Waals surface area contributed by atoms with Gasteiger partial charge in [0.25, 0.3) is 0 Å². The summed E-state index contributed by atoms with van der Waals surface area (Å²) in [6.07, 6.45) is -0.895. The van der Waals surface area contributed by atoms with Gasteiger partial charge in [0.1, 0.15) is 6.10 Å². The van der Waals surface area contributed by atoms with Crippen LogP contribution in [0.25, 0.3) is 0 Å². The lowest BCUT2D eigenvalue weighted by atomic mass is 10.1. The molecule has 1 amide bonds. The van der Waals surface area contributed by atoms with Crippen LogP contribution in [0.5, 0.6) is 0 Å². The summed E-state index contributed by atoms with van der Waals surface area (Å²) in [6.45, 7) is 1.77. The van der Waals surface area contributed by atoms with E-state index in [0.29, 0.717) is 0 Å². The molecule has 0 aliphatic rings. The lowest BCUT2D eigenvalue weighted by molar-refractivity contribution is 0.0585. The zero-order valence-electron chi connectivity index (χ0n) is 10.5. The van der Waals surface area contributed by atoms with Crippen molar-refractivity contribution in [1.82, 2.24) is 4.90 Å². The number of nitrogens with zero attached hydrogens (tertiary/aromatic N) is 1. The molecular weight excluding hydrogens is 234 g/mol. The van der Waals surface area contributed by atoms with Crippen LogP contribution >= 0.6 is 0 Å². The molecule has 5 nitrogen and oxygen atoms in total. The Labute approximate surface area is 107 Å². The van der Waals surface area contributed by atoms with Gasteiger partial charge in [-0.3, -0.25) is 0 Å². The third-order valence-electron chi connectivity index (χ3n) is 2.54. The molecule has 18 heavy (non-hydrogen) atoms. The first-order valence-electron chi connectivity index (χ1n) is 5.91. The van der Waals surface area contributed by atoms with Gasteiger partial charge in [-0.15, -0.1) is 0 Å². The number of ether oxygens (including phenoxy) is 1. The number of hydrogen-bond donors (Lipinski definition) is 2. The van der Waals surface area contributed by atoms with E-state index in [-0.39, 0.29) is 32.4 Å². The van der Waals surface area contributed by atoms with Gasteiger partial charge in [-0.05, 0) is 12.5 Å². The maximum absolute atomic E-state index is 11.8. The smallest absolute Gasteiger partial charge is 0.410 e. The van der Waals surface area contributed by atoms with Crippen molar-refractivity contribution >= 4 is 6.09 Å². The van der Waals surface area contributed by atoms with E-state index in [1.54, 1.807) is 6.92 Å². The van der Waals surface area contributed by atoms with E-state index in [1.165, 1.54) is 4.90 Å². The van der Waals surface area contributed by atoms with Gasteiger partial charge >= 0.3 is 6.09 Å². The summed E-state index contributed by atoms with van der Waals surface area (Å²) in [4.78, 5) is 13.1. The molecule has 5 heteroatoms. The Morgan fingerprint density at radius 2 is 1.78 bits per heavy atom. The summed E-state index contributed by atoms with van der Waals surface area (Å²) in [7, 11) is 0. The maximum Gasteiger partial charge on any atom is 0.410 e. The van der Waals surface area contributed by atoms with E-state index in [9.17, 15) is 4.79 Å². The molecular formula is C13H19NO4. The molecule has 1 rings (SSSR count). The molecule has 0 fully saturated rings. The second-order valence-corrected chi connectivity index (χ2v) is 3.87. The third-order valence-corrected chi connectivity index (χ3v) is 2.54. The van der Waals surface area contributed by atoms with Gasteiger partial charge in [-0.25, -0.2) is 4.79 Å². The van der Waals surface area contributed by atoms with Crippen LogP contribution in [0, 0.1) is 0 Å². The summed E-state index contributed by atoms with van der Waals surface area (Å²) >= 11 is 0. The molecule has 0 saturated carbocycles. The first-order valence-corrected chi connectivity index (χ1v) is 5.91. The molecule has 0 spiro atoms. The van der Waals surface area contributed by atoms with Crippen molar-refractivity contribution < 1.29 is 19.7 Å². The molecule has 0 saturated heterocycles. The Morgan fingerprint density at radius 1 is 1.22 bits per heavy atom. The Bertz CT molecular complexity index is 349. The summed E-state index contributed by atoms with van der Waals surface area (Å²) in [5.74, 6) is 0. The topological polar surface area (TPSA) is 70.0 Å². The molecule has 100 valence electrons. The van der Waals surface area contributed by atoms with E-state index in [2.05, 4.69) is 0 Å². The van der Waals surface area contributed by atoms with Crippen molar-refractivity contribution in [3.63, 3.8) is 0 Å². The predicted molar refractivity (Wildman–Crippen MR) is 67.1 cm³/mol. The normalized spacial score (nSPS) is 11.9. The van der Waals surface area contributed by atoms with Gasteiger partial charge in [0, 0.05) is 13.1 Å². The lowest BCUT2D eigenvalue weighted by Crippen LogP contribution is -2.36. The van der Waals surface area contributed by atoms with Crippen LogP contribution in [-0.2, 0) is 4.74 Å². The van der Waals surface area contributed by atoms with E-state index in [4.69, 9.17) is 14.9 Å². The fraction of sp³-hybridized carbons (Fsp3) is 0.462. The minimum Gasteiger partial charge on any atom is -0.442 e. The molecule has 1 atom stereocenters. The summed E-state index contributed by atoms with van der Waals surface area (Å²) in [5, 5.41) is 17.7. The van der Waals surface area contributed by atoms with Crippen LogP contribution in [0.2, 0.25) is 0 Å². The summed E-state index contributed by atoms with van der Waals surface area (Å²) < 4.78 is 5.27. The Hall–Kier alpha value is -1.59. The lowest BCUT2D eigenvalue weighted by Gasteiger charge is -2.22. The number of benzene rings is 1.